The highest BCUT2D eigenvalue weighted by molar-refractivity contribution is 5.69. The van der Waals surface area contributed by atoms with Gasteiger partial charge in [0.15, 0.2) is 0 Å². The summed E-state index contributed by atoms with van der Waals surface area (Å²) in [4.78, 5) is 23.4. The maximum atomic E-state index is 11.2. The van der Waals surface area contributed by atoms with Gasteiger partial charge in [0.25, 0.3) is 5.69 Å². The number of carboxylic acids is 1. The first kappa shape index (κ1) is 17.1. The Hall–Kier alpha value is -1.95. The van der Waals surface area contributed by atoms with Gasteiger partial charge in [0.1, 0.15) is 0 Å². The van der Waals surface area contributed by atoms with E-state index in [-0.39, 0.29) is 23.1 Å². The zero-order valence-electron chi connectivity index (χ0n) is 12.7. The molecule has 0 unspecified atom stereocenters. The van der Waals surface area contributed by atoms with Crippen LogP contribution in [0.4, 0.5) is 5.69 Å². The second-order valence-corrected chi connectivity index (χ2v) is 5.41. The minimum Gasteiger partial charge on any atom is -0.480 e. The number of aliphatic carboxylic acids is 1. The summed E-state index contributed by atoms with van der Waals surface area (Å²) in [5.74, 6) is -0.818. The zero-order valence-corrected chi connectivity index (χ0v) is 12.7. The van der Waals surface area contributed by atoms with Crippen molar-refractivity contribution < 1.29 is 14.8 Å². The van der Waals surface area contributed by atoms with Gasteiger partial charge in [-0.05, 0) is 24.4 Å². The quantitative estimate of drug-likeness (QED) is 0.588. The Morgan fingerprint density at radius 1 is 1.43 bits per heavy atom. The first-order valence-corrected chi connectivity index (χ1v) is 7.06. The number of nitrogens with zero attached hydrogens (tertiary/aromatic N) is 2. The number of hydrogen-bond acceptors (Lipinski definition) is 4. The second-order valence-electron chi connectivity index (χ2n) is 5.41. The van der Waals surface area contributed by atoms with E-state index in [0.717, 1.165) is 12.0 Å². The summed E-state index contributed by atoms with van der Waals surface area (Å²) >= 11 is 0. The molecule has 6 heteroatoms. The van der Waals surface area contributed by atoms with Gasteiger partial charge in [-0.15, -0.1) is 0 Å². The number of hydrogen-bond donors (Lipinski definition) is 1. The third-order valence-corrected chi connectivity index (χ3v) is 3.22. The molecule has 1 rings (SSSR count). The van der Waals surface area contributed by atoms with Crippen molar-refractivity contribution in [2.24, 2.45) is 0 Å². The van der Waals surface area contributed by atoms with Gasteiger partial charge in [0.2, 0.25) is 0 Å². The van der Waals surface area contributed by atoms with Gasteiger partial charge in [0, 0.05) is 18.2 Å². The maximum absolute atomic E-state index is 11.2. The smallest absolute Gasteiger partial charge is 0.317 e. The number of rotatable bonds is 8. The van der Waals surface area contributed by atoms with E-state index in [0.29, 0.717) is 18.7 Å². The standard InChI is InChI=1S/C15H22N2O4/c1-4-7-16(10-15(18)19)9-12-5-6-13(11(2)3)14(8-12)17(20)21/h5-6,8,11H,4,7,9-10H2,1-3H3,(H,18,19). The molecular weight excluding hydrogens is 272 g/mol. The highest BCUT2D eigenvalue weighted by atomic mass is 16.6. The summed E-state index contributed by atoms with van der Waals surface area (Å²) in [6.07, 6.45) is 0.833. The van der Waals surface area contributed by atoms with E-state index in [9.17, 15) is 14.9 Å². The lowest BCUT2D eigenvalue weighted by Gasteiger charge is -2.19. The highest BCUT2D eigenvalue weighted by Crippen LogP contribution is 2.27. The Labute approximate surface area is 124 Å². The molecule has 0 heterocycles. The van der Waals surface area contributed by atoms with E-state index in [1.165, 1.54) is 0 Å². The molecule has 0 aromatic heterocycles. The molecule has 0 amide bonds. The van der Waals surface area contributed by atoms with Crippen LogP contribution in [-0.4, -0.2) is 34.0 Å². The summed E-state index contributed by atoms with van der Waals surface area (Å²) in [6, 6.07) is 5.16. The molecule has 1 aromatic carbocycles. The normalized spacial score (nSPS) is 11.1. The molecule has 0 aliphatic carbocycles. The summed E-state index contributed by atoms with van der Waals surface area (Å²) in [5, 5.41) is 20.1. The predicted octanol–water partition coefficient (Wildman–Crippen LogP) is 3.01. The van der Waals surface area contributed by atoms with Gasteiger partial charge in [-0.2, -0.15) is 0 Å². The molecule has 0 radical (unpaired) electrons. The summed E-state index contributed by atoms with van der Waals surface area (Å²) in [6.45, 7) is 6.78. The Balaban J connectivity index is 2.99. The van der Waals surface area contributed by atoms with Crippen molar-refractivity contribution in [3.63, 3.8) is 0 Å². The Kier molecular flexibility index (Phi) is 6.30. The molecule has 0 fully saturated rings. The van der Waals surface area contributed by atoms with Crippen LogP contribution in [0.25, 0.3) is 0 Å². The van der Waals surface area contributed by atoms with Crippen molar-refractivity contribution in [2.75, 3.05) is 13.1 Å². The number of nitro benzene ring substituents is 1. The molecule has 0 spiro atoms. The molecule has 116 valence electrons. The van der Waals surface area contributed by atoms with Crippen molar-refractivity contribution in [2.45, 2.75) is 39.7 Å². The van der Waals surface area contributed by atoms with Crippen LogP contribution < -0.4 is 0 Å². The van der Waals surface area contributed by atoms with Gasteiger partial charge >= 0.3 is 5.97 Å². The third kappa shape index (κ3) is 5.15. The number of carboxylic acid groups (broad SMARTS) is 1. The fourth-order valence-corrected chi connectivity index (χ4v) is 2.31. The molecular formula is C15H22N2O4. The predicted molar refractivity (Wildman–Crippen MR) is 80.4 cm³/mol. The van der Waals surface area contributed by atoms with E-state index < -0.39 is 5.97 Å². The minimum atomic E-state index is -0.892. The van der Waals surface area contributed by atoms with E-state index in [1.807, 2.05) is 26.8 Å². The van der Waals surface area contributed by atoms with Crippen molar-refractivity contribution in [3.8, 4) is 0 Å². The van der Waals surface area contributed by atoms with Crippen LogP contribution in [0.3, 0.4) is 0 Å². The Bertz CT molecular complexity index is 514. The van der Waals surface area contributed by atoms with Gasteiger partial charge in [-0.3, -0.25) is 19.8 Å². The topological polar surface area (TPSA) is 83.7 Å². The average Bonchev–Trinajstić information content (AvgIpc) is 2.37. The molecule has 21 heavy (non-hydrogen) atoms. The highest BCUT2D eigenvalue weighted by Gasteiger charge is 2.18. The first-order valence-electron chi connectivity index (χ1n) is 7.06. The van der Waals surface area contributed by atoms with E-state index in [1.54, 1.807) is 17.0 Å². The SMILES string of the molecule is CCCN(CC(=O)O)Cc1ccc(C(C)C)c([N+](=O)[O-])c1. The summed E-state index contributed by atoms with van der Waals surface area (Å²) in [7, 11) is 0. The average molecular weight is 294 g/mol. The van der Waals surface area contributed by atoms with Crippen LogP contribution in [-0.2, 0) is 11.3 Å². The number of carbonyl (C=O) groups is 1. The van der Waals surface area contributed by atoms with Crippen molar-refractivity contribution in [1.29, 1.82) is 0 Å². The monoisotopic (exact) mass is 294 g/mol. The fourth-order valence-electron chi connectivity index (χ4n) is 2.31. The van der Waals surface area contributed by atoms with Crippen LogP contribution in [0, 0.1) is 10.1 Å². The minimum absolute atomic E-state index is 0.0619. The van der Waals surface area contributed by atoms with Crippen molar-refractivity contribution in [1.82, 2.24) is 4.90 Å². The van der Waals surface area contributed by atoms with E-state index in [4.69, 9.17) is 5.11 Å². The third-order valence-electron chi connectivity index (χ3n) is 3.22. The molecule has 0 saturated heterocycles. The van der Waals surface area contributed by atoms with Crippen LogP contribution in [0.15, 0.2) is 18.2 Å². The van der Waals surface area contributed by atoms with E-state index in [2.05, 4.69) is 0 Å². The zero-order chi connectivity index (χ0) is 16.0. The number of nitro groups is 1. The molecule has 0 atom stereocenters. The largest absolute Gasteiger partial charge is 0.480 e. The lowest BCUT2D eigenvalue weighted by Crippen LogP contribution is -2.30. The lowest BCUT2D eigenvalue weighted by atomic mass is 9.99. The maximum Gasteiger partial charge on any atom is 0.317 e. The van der Waals surface area contributed by atoms with Crippen LogP contribution in [0.1, 0.15) is 44.2 Å². The summed E-state index contributed by atoms with van der Waals surface area (Å²) in [5.41, 5.74) is 1.57. The van der Waals surface area contributed by atoms with Gasteiger partial charge < -0.3 is 5.11 Å². The molecule has 0 aliphatic rings. The van der Waals surface area contributed by atoms with Crippen LogP contribution in [0.5, 0.6) is 0 Å². The lowest BCUT2D eigenvalue weighted by molar-refractivity contribution is -0.385. The molecule has 6 nitrogen and oxygen atoms in total. The van der Waals surface area contributed by atoms with Crippen LogP contribution >= 0.6 is 0 Å². The summed E-state index contributed by atoms with van der Waals surface area (Å²) < 4.78 is 0. The van der Waals surface area contributed by atoms with Crippen molar-refractivity contribution in [3.05, 3.63) is 39.4 Å². The van der Waals surface area contributed by atoms with Gasteiger partial charge in [-0.1, -0.05) is 32.9 Å². The molecule has 1 N–H and O–H groups in total. The molecule has 0 saturated carbocycles. The Morgan fingerprint density at radius 3 is 2.57 bits per heavy atom. The molecule has 1 aromatic rings. The van der Waals surface area contributed by atoms with Crippen LogP contribution in [0.2, 0.25) is 0 Å². The molecule has 0 aliphatic heterocycles. The molecule has 0 bridgehead atoms. The second kappa shape index (κ2) is 7.73. The first-order chi connectivity index (χ1) is 9.85. The number of benzene rings is 1. The van der Waals surface area contributed by atoms with Gasteiger partial charge in [-0.25, -0.2) is 0 Å². The van der Waals surface area contributed by atoms with Gasteiger partial charge in [0.05, 0.1) is 11.5 Å². The fraction of sp³-hybridized carbons (Fsp3) is 0.533. The van der Waals surface area contributed by atoms with Crippen molar-refractivity contribution >= 4 is 11.7 Å². The van der Waals surface area contributed by atoms with E-state index >= 15 is 0 Å². The Morgan fingerprint density at radius 2 is 2.10 bits per heavy atom.